The largest absolute Gasteiger partial charge is 0.490 e. The lowest BCUT2D eigenvalue weighted by Crippen LogP contribution is -2.50. The number of fused-ring (bicyclic) bond motifs is 1. The van der Waals surface area contributed by atoms with Gasteiger partial charge in [0.05, 0.1) is 23.8 Å². The van der Waals surface area contributed by atoms with E-state index in [2.05, 4.69) is 9.88 Å². The topological polar surface area (TPSA) is 107 Å². The fraction of sp³-hybridized carbons (Fsp3) is 0.423. The number of carbonyl (C=O) groups is 2. The summed E-state index contributed by atoms with van der Waals surface area (Å²) < 4.78 is 53.4. The second kappa shape index (κ2) is 12.8. The first-order chi connectivity index (χ1) is 19.4. The van der Waals surface area contributed by atoms with Crippen LogP contribution in [0, 0.1) is 5.82 Å². The smallest absolute Gasteiger partial charge is 0.475 e. The number of aromatic amines is 1. The number of ether oxygens (including phenoxy) is 1. The minimum Gasteiger partial charge on any atom is -0.475 e. The number of halogens is 6. The molecule has 41 heavy (non-hydrogen) atoms. The summed E-state index contributed by atoms with van der Waals surface area (Å²) in [5.41, 5.74) is 1.46. The van der Waals surface area contributed by atoms with Gasteiger partial charge in [0.2, 0.25) is 0 Å². The van der Waals surface area contributed by atoms with Gasteiger partial charge >= 0.3 is 12.1 Å². The van der Waals surface area contributed by atoms with Crippen LogP contribution in [0.3, 0.4) is 0 Å². The van der Waals surface area contributed by atoms with Crippen LogP contribution in [0.5, 0.6) is 0 Å². The quantitative estimate of drug-likeness (QED) is 0.423. The molecular formula is C26H26Cl2F4N4O5. The normalized spacial score (nSPS) is 16.9. The van der Waals surface area contributed by atoms with Gasteiger partial charge in [-0.25, -0.2) is 9.18 Å². The lowest BCUT2D eigenvalue weighted by Gasteiger charge is -2.40. The molecule has 1 aromatic carbocycles. The summed E-state index contributed by atoms with van der Waals surface area (Å²) in [5, 5.41) is 7.63. The molecular weight excluding hydrogens is 595 g/mol. The molecule has 0 bridgehead atoms. The molecule has 2 aromatic heterocycles. The third kappa shape index (κ3) is 7.21. The van der Waals surface area contributed by atoms with Crippen LogP contribution in [-0.4, -0.2) is 87.8 Å². The first kappa shape index (κ1) is 30.8. The van der Waals surface area contributed by atoms with Crippen LogP contribution in [0.4, 0.5) is 17.6 Å². The lowest BCUT2D eigenvalue weighted by atomic mass is 10.0. The van der Waals surface area contributed by atoms with E-state index in [1.807, 2.05) is 0 Å². The second-order valence-electron chi connectivity index (χ2n) is 9.58. The van der Waals surface area contributed by atoms with E-state index >= 15 is 0 Å². The first-order valence-electron chi connectivity index (χ1n) is 12.6. The van der Waals surface area contributed by atoms with Gasteiger partial charge in [-0.2, -0.15) is 13.2 Å². The Morgan fingerprint density at radius 3 is 2.32 bits per heavy atom. The average molecular weight is 621 g/mol. The highest BCUT2D eigenvalue weighted by Gasteiger charge is 2.38. The van der Waals surface area contributed by atoms with Gasteiger partial charge in [-0.15, -0.1) is 0 Å². The van der Waals surface area contributed by atoms with Crippen molar-refractivity contribution in [2.75, 3.05) is 39.4 Å². The van der Waals surface area contributed by atoms with E-state index in [4.69, 9.17) is 37.8 Å². The van der Waals surface area contributed by atoms with Gasteiger partial charge in [0.25, 0.3) is 11.5 Å². The number of aromatic nitrogens is 2. The van der Waals surface area contributed by atoms with Crippen molar-refractivity contribution in [3.8, 4) is 0 Å². The van der Waals surface area contributed by atoms with Crippen LogP contribution in [0.15, 0.2) is 35.3 Å². The fourth-order valence-corrected chi connectivity index (χ4v) is 5.37. The highest BCUT2D eigenvalue weighted by molar-refractivity contribution is 6.42. The Morgan fingerprint density at radius 1 is 1.07 bits per heavy atom. The minimum absolute atomic E-state index is 0.0552. The van der Waals surface area contributed by atoms with Crippen LogP contribution >= 0.6 is 23.2 Å². The number of morpholine rings is 1. The summed E-state index contributed by atoms with van der Waals surface area (Å²) in [4.78, 5) is 41.1. The Morgan fingerprint density at radius 2 is 1.71 bits per heavy atom. The number of likely N-dealkylation sites (tertiary alicyclic amines) is 1. The molecule has 0 saturated carbocycles. The van der Waals surface area contributed by atoms with Gasteiger partial charge in [0.15, 0.2) is 0 Å². The van der Waals surface area contributed by atoms with Gasteiger partial charge in [-0.3, -0.25) is 18.9 Å². The standard InChI is InChI=1S/C24H25Cl2FN4O3.C2HF3O2/c25-19-13-21-23(32)28-14-17(31(21)22(19)26)11-15-1-2-20(27)18(12-15)24(33)30-5-3-16(4-6-30)29-7-9-34-10-8-29;3-2(4,5)1(6)7/h1-2,12-14,16H,3-11H2,(H,28,32);(H,6,7). The number of rotatable bonds is 4. The predicted molar refractivity (Wildman–Crippen MR) is 142 cm³/mol. The van der Waals surface area contributed by atoms with Crippen molar-refractivity contribution in [1.29, 1.82) is 0 Å². The van der Waals surface area contributed by atoms with Crippen molar-refractivity contribution in [1.82, 2.24) is 19.2 Å². The fourth-order valence-electron chi connectivity index (χ4n) is 4.92. The van der Waals surface area contributed by atoms with Crippen LogP contribution in [0.25, 0.3) is 5.52 Å². The Bertz CT molecular complexity index is 1480. The van der Waals surface area contributed by atoms with E-state index in [0.29, 0.717) is 36.8 Å². The SMILES string of the molecule is O=C(O)C(F)(F)F.O=C(c1cc(Cc2c[nH]c(=O)c3cc(Cl)c(Cl)n23)ccc1F)N1CCC(N2CCOCC2)CC1. The van der Waals surface area contributed by atoms with Crippen LogP contribution < -0.4 is 5.56 Å². The van der Waals surface area contributed by atoms with E-state index in [1.54, 1.807) is 27.6 Å². The third-order valence-corrected chi connectivity index (χ3v) is 7.75. The summed E-state index contributed by atoms with van der Waals surface area (Å²) >= 11 is 12.4. The number of amides is 1. The van der Waals surface area contributed by atoms with Crippen molar-refractivity contribution in [3.05, 3.63) is 73.6 Å². The number of hydrogen-bond donors (Lipinski definition) is 2. The van der Waals surface area contributed by atoms with Crippen molar-refractivity contribution in [3.63, 3.8) is 0 Å². The maximum atomic E-state index is 14.7. The number of nitrogens with zero attached hydrogens (tertiary/aromatic N) is 3. The Hall–Kier alpha value is -3.13. The predicted octanol–water partition coefficient (Wildman–Crippen LogP) is 4.23. The average Bonchev–Trinajstić information content (AvgIpc) is 3.26. The number of hydrogen-bond acceptors (Lipinski definition) is 5. The molecule has 4 heterocycles. The molecule has 15 heteroatoms. The van der Waals surface area contributed by atoms with Gasteiger partial charge < -0.3 is 19.7 Å². The molecule has 2 aliphatic rings. The molecule has 0 spiro atoms. The molecule has 9 nitrogen and oxygen atoms in total. The van der Waals surface area contributed by atoms with Crippen molar-refractivity contribution >= 4 is 40.6 Å². The van der Waals surface area contributed by atoms with E-state index in [1.165, 1.54) is 12.1 Å². The summed E-state index contributed by atoms with van der Waals surface area (Å²) in [6.45, 7) is 4.54. The molecule has 1 amide bonds. The van der Waals surface area contributed by atoms with E-state index < -0.39 is 18.0 Å². The summed E-state index contributed by atoms with van der Waals surface area (Å²) in [6.07, 6.45) is -1.46. The van der Waals surface area contributed by atoms with E-state index in [0.717, 1.165) is 44.7 Å². The Balaban J connectivity index is 0.000000493. The Kier molecular flexibility index (Phi) is 9.62. The summed E-state index contributed by atoms with van der Waals surface area (Å²) in [7, 11) is 0. The molecule has 2 aliphatic heterocycles. The number of carbonyl (C=O) groups excluding carboxylic acids is 1. The zero-order valence-corrected chi connectivity index (χ0v) is 23.0. The third-order valence-electron chi connectivity index (χ3n) is 6.99. The lowest BCUT2D eigenvalue weighted by molar-refractivity contribution is -0.192. The van der Waals surface area contributed by atoms with Gasteiger partial charge in [0.1, 0.15) is 16.5 Å². The summed E-state index contributed by atoms with van der Waals surface area (Å²) in [6, 6.07) is 6.47. The Labute approximate surface area is 241 Å². The molecule has 0 aliphatic carbocycles. The van der Waals surface area contributed by atoms with Crippen molar-refractivity contribution in [2.45, 2.75) is 31.5 Å². The van der Waals surface area contributed by atoms with Crippen molar-refractivity contribution in [2.24, 2.45) is 0 Å². The minimum atomic E-state index is -5.08. The van der Waals surface area contributed by atoms with Gasteiger partial charge in [-0.1, -0.05) is 29.3 Å². The van der Waals surface area contributed by atoms with Crippen molar-refractivity contribution < 1.29 is 37.0 Å². The molecule has 222 valence electrons. The maximum Gasteiger partial charge on any atom is 0.490 e. The molecule has 0 atom stereocenters. The van der Waals surface area contributed by atoms with E-state index in [9.17, 15) is 27.2 Å². The zero-order valence-electron chi connectivity index (χ0n) is 21.5. The molecule has 2 fully saturated rings. The van der Waals surface area contributed by atoms with Crippen LogP contribution in [0.2, 0.25) is 10.2 Å². The maximum absolute atomic E-state index is 14.7. The highest BCUT2D eigenvalue weighted by atomic mass is 35.5. The molecule has 5 rings (SSSR count). The number of aliphatic carboxylic acids is 1. The first-order valence-corrected chi connectivity index (χ1v) is 13.4. The van der Waals surface area contributed by atoms with E-state index in [-0.39, 0.29) is 27.2 Å². The number of nitrogens with one attached hydrogen (secondary N) is 1. The number of H-pyrrole nitrogens is 1. The van der Waals surface area contributed by atoms with Crippen LogP contribution in [-0.2, 0) is 16.0 Å². The number of carboxylic acid groups (broad SMARTS) is 1. The van der Waals surface area contributed by atoms with Crippen LogP contribution in [0.1, 0.15) is 34.5 Å². The van der Waals surface area contributed by atoms with Gasteiger partial charge in [0, 0.05) is 50.5 Å². The second-order valence-corrected chi connectivity index (χ2v) is 10.3. The van der Waals surface area contributed by atoms with Gasteiger partial charge in [-0.05, 0) is 36.6 Å². The number of alkyl halides is 3. The summed E-state index contributed by atoms with van der Waals surface area (Å²) in [5.74, 6) is -3.60. The highest BCUT2D eigenvalue weighted by Crippen LogP contribution is 2.27. The molecule has 2 saturated heterocycles. The molecule has 0 radical (unpaired) electrons. The number of benzene rings is 1. The zero-order chi connectivity index (χ0) is 29.9. The number of carboxylic acids is 1. The monoisotopic (exact) mass is 620 g/mol. The molecule has 2 N–H and O–H groups in total. The number of piperidine rings is 1. The molecule has 0 unspecified atom stereocenters. The molecule has 3 aromatic rings.